The van der Waals surface area contributed by atoms with E-state index in [1.165, 1.54) is 18.4 Å². The Morgan fingerprint density at radius 2 is 2.08 bits per heavy atom. The van der Waals surface area contributed by atoms with Crippen molar-refractivity contribution < 1.29 is 14.6 Å². The van der Waals surface area contributed by atoms with Gasteiger partial charge in [-0.25, -0.2) is 0 Å². The van der Waals surface area contributed by atoms with Gasteiger partial charge in [0.1, 0.15) is 6.61 Å². The lowest BCUT2D eigenvalue weighted by molar-refractivity contribution is 0.0566. The second kappa shape index (κ2) is 7.24. The highest BCUT2D eigenvalue weighted by molar-refractivity contribution is 5.47. The van der Waals surface area contributed by atoms with Gasteiger partial charge in [0, 0.05) is 11.5 Å². The topological polar surface area (TPSA) is 41.9 Å². The number of aliphatic hydroxyl groups is 1. The summed E-state index contributed by atoms with van der Waals surface area (Å²) in [5, 5.41) is 10.2. The van der Waals surface area contributed by atoms with Gasteiger partial charge in [-0.2, -0.15) is 0 Å². The minimum atomic E-state index is -0.175. The highest BCUT2D eigenvalue weighted by atomic mass is 16.5. The maximum atomic E-state index is 10.2. The number of fused-ring (bicyclic) bond motifs is 1. The van der Waals surface area contributed by atoms with Crippen molar-refractivity contribution in [3.63, 3.8) is 0 Å². The molecule has 0 unspecified atom stereocenters. The average Bonchev–Trinajstić information content (AvgIpc) is 3.43. The zero-order valence-electron chi connectivity index (χ0n) is 15.8. The van der Waals surface area contributed by atoms with Gasteiger partial charge in [0.2, 0.25) is 0 Å². The van der Waals surface area contributed by atoms with E-state index in [4.69, 9.17) is 9.47 Å². The molecule has 0 spiro atoms. The fraction of sp³-hybridized carbons (Fsp3) is 0.636. The van der Waals surface area contributed by atoms with Gasteiger partial charge in [-0.05, 0) is 75.7 Å². The molecule has 0 amide bonds. The Bertz CT molecular complexity index is 657. The molecule has 26 heavy (non-hydrogen) atoms. The van der Waals surface area contributed by atoms with E-state index in [0.29, 0.717) is 18.6 Å². The van der Waals surface area contributed by atoms with Gasteiger partial charge in [0.25, 0.3) is 0 Å². The first-order valence-corrected chi connectivity index (χ1v) is 10.0. The maximum Gasteiger partial charge on any atom is 0.161 e. The number of likely N-dealkylation sites (tertiary alicyclic amines) is 1. The van der Waals surface area contributed by atoms with Crippen LogP contribution in [0.4, 0.5) is 0 Å². The number of aliphatic hydroxyl groups excluding tert-OH is 1. The monoisotopic (exact) mass is 357 g/mol. The SMILES string of the molecule is C=CCOc1cc([C@@]23CC[C@@H](O)C[C@@H]2N(C)CC3)ccc1OCC1CC1. The van der Waals surface area contributed by atoms with Crippen molar-refractivity contribution >= 4 is 0 Å². The number of rotatable bonds is 7. The van der Waals surface area contributed by atoms with Crippen LogP contribution in [0.5, 0.6) is 11.5 Å². The van der Waals surface area contributed by atoms with Crippen molar-refractivity contribution in [3.8, 4) is 11.5 Å². The van der Waals surface area contributed by atoms with Crippen molar-refractivity contribution in [2.24, 2.45) is 5.92 Å². The molecule has 3 aliphatic rings. The largest absolute Gasteiger partial charge is 0.489 e. The van der Waals surface area contributed by atoms with E-state index in [2.05, 4.69) is 36.7 Å². The van der Waals surface area contributed by atoms with Crippen molar-refractivity contribution in [1.82, 2.24) is 4.90 Å². The van der Waals surface area contributed by atoms with E-state index in [1.54, 1.807) is 6.08 Å². The Hall–Kier alpha value is -1.52. The number of likely N-dealkylation sites (N-methyl/N-ethyl adjacent to an activating group) is 1. The lowest BCUT2D eigenvalue weighted by atomic mass is 9.65. The number of nitrogens with zero attached hydrogens (tertiary/aromatic N) is 1. The normalized spacial score (nSPS) is 31.5. The first-order chi connectivity index (χ1) is 12.6. The molecule has 2 aliphatic carbocycles. The Morgan fingerprint density at radius 1 is 1.23 bits per heavy atom. The molecule has 1 saturated heterocycles. The quantitative estimate of drug-likeness (QED) is 0.758. The molecule has 4 rings (SSSR count). The highest BCUT2D eigenvalue weighted by Gasteiger charge is 2.50. The number of ether oxygens (including phenoxy) is 2. The predicted octanol–water partition coefficient (Wildman–Crippen LogP) is 3.53. The molecule has 0 bridgehead atoms. The molecule has 3 fully saturated rings. The third-order valence-electron chi connectivity index (χ3n) is 6.55. The maximum absolute atomic E-state index is 10.2. The molecule has 4 heteroatoms. The predicted molar refractivity (Wildman–Crippen MR) is 103 cm³/mol. The van der Waals surface area contributed by atoms with E-state index in [-0.39, 0.29) is 11.5 Å². The van der Waals surface area contributed by atoms with Gasteiger partial charge in [-0.3, -0.25) is 0 Å². The van der Waals surface area contributed by atoms with Gasteiger partial charge >= 0.3 is 0 Å². The molecule has 0 aromatic heterocycles. The Balaban J connectivity index is 1.63. The zero-order chi connectivity index (χ0) is 18.1. The molecule has 1 aromatic carbocycles. The van der Waals surface area contributed by atoms with Gasteiger partial charge in [-0.15, -0.1) is 0 Å². The lowest BCUT2D eigenvalue weighted by Gasteiger charge is -2.43. The molecule has 0 radical (unpaired) electrons. The third kappa shape index (κ3) is 3.37. The Kier molecular flexibility index (Phi) is 4.98. The zero-order valence-corrected chi connectivity index (χ0v) is 15.8. The summed E-state index contributed by atoms with van der Waals surface area (Å²) in [6, 6.07) is 6.91. The second-order valence-electron chi connectivity index (χ2n) is 8.35. The molecule has 1 aromatic rings. The van der Waals surface area contributed by atoms with Crippen LogP contribution in [0.3, 0.4) is 0 Å². The van der Waals surface area contributed by atoms with Crippen LogP contribution in [0.1, 0.15) is 44.1 Å². The first kappa shape index (κ1) is 17.9. The van der Waals surface area contributed by atoms with E-state index in [0.717, 1.165) is 50.3 Å². The van der Waals surface area contributed by atoms with Crippen LogP contribution < -0.4 is 9.47 Å². The molecule has 1 aliphatic heterocycles. The summed E-state index contributed by atoms with van der Waals surface area (Å²) in [5.41, 5.74) is 1.45. The summed E-state index contributed by atoms with van der Waals surface area (Å²) in [7, 11) is 2.19. The molecule has 1 heterocycles. The third-order valence-corrected chi connectivity index (χ3v) is 6.55. The number of hydrogen-bond acceptors (Lipinski definition) is 4. The van der Waals surface area contributed by atoms with Crippen LogP contribution in [0.25, 0.3) is 0 Å². The van der Waals surface area contributed by atoms with Crippen LogP contribution in [0.15, 0.2) is 30.9 Å². The van der Waals surface area contributed by atoms with Crippen molar-refractivity contribution in [2.75, 3.05) is 26.8 Å². The molecule has 1 N–H and O–H groups in total. The molecule has 4 nitrogen and oxygen atoms in total. The van der Waals surface area contributed by atoms with E-state index in [9.17, 15) is 5.11 Å². The van der Waals surface area contributed by atoms with Crippen molar-refractivity contribution in [1.29, 1.82) is 0 Å². The second-order valence-corrected chi connectivity index (χ2v) is 8.35. The minimum Gasteiger partial charge on any atom is -0.489 e. The van der Waals surface area contributed by atoms with Gasteiger partial charge in [0.05, 0.1) is 12.7 Å². The lowest BCUT2D eigenvalue weighted by Crippen LogP contribution is -2.47. The first-order valence-electron chi connectivity index (χ1n) is 10.0. The fourth-order valence-corrected chi connectivity index (χ4v) is 4.79. The van der Waals surface area contributed by atoms with Crippen LogP contribution >= 0.6 is 0 Å². The molecular weight excluding hydrogens is 326 g/mol. The molecule has 2 saturated carbocycles. The van der Waals surface area contributed by atoms with Gasteiger partial charge in [0.15, 0.2) is 11.5 Å². The fourth-order valence-electron chi connectivity index (χ4n) is 4.79. The van der Waals surface area contributed by atoms with E-state index < -0.39 is 0 Å². The minimum absolute atomic E-state index is 0.120. The Morgan fingerprint density at radius 3 is 2.85 bits per heavy atom. The van der Waals surface area contributed by atoms with E-state index >= 15 is 0 Å². The molecular formula is C22H31NO3. The molecule has 3 atom stereocenters. The van der Waals surface area contributed by atoms with Gasteiger partial charge in [-0.1, -0.05) is 18.7 Å². The van der Waals surface area contributed by atoms with Crippen LogP contribution in [0, 0.1) is 5.92 Å². The summed E-state index contributed by atoms with van der Waals surface area (Å²) in [5.74, 6) is 2.39. The van der Waals surface area contributed by atoms with Gasteiger partial charge < -0.3 is 19.5 Å². The summed E-state index contributed by atoms with van der Waals surface area (Å²) < 4.78 is 12.0. The van der Waals surface area contributed by atoms with Crippen LogP contribution in [-0.4, -0.2) is 49.0 Å². The van der Waals surface area contributed by atoms with Crippen LogP contribution in [-0.2, 0) is 5.41 Å². The summed E-state index contributed by atoms with van der Waals surface area (Å²) >= 11 is 0. The van der Waals surface area contributed by atoms with Crippen molar-refractivity contribution in [2.45, 2.75) is 56.1 Å². The summed E-state index contributed by atoms with van der Waals surface area (Å²) in [6.45, 7) is 6.12. The number of hydrogen-bond donors (Lipinski definition) is 1. The number of benzene rings is 1. The molecule has 142 valence electrons. The average molecular weight is 357 g/mol. The summed E-state index contributed by atoms with van der Waals surface area (Å²) in [4.78, 5) is 2.42. The highest BCUT2D eigenvalue weighted by Crippen LogP contribution is 2.50. The standard InChI is InChI=1S/C22H31NO3/c1-3-12-25-20-13-17(6-7-19(20)26-15-16-4-5-16)22-9-8-18(24)14-21(22)23(2)11-10-22/h3,6-7,13,16,18,21,24H,1,4-5,8-12,14-15H2,2H3/t18-,21+,22+/m1/s1. The summed E-state index contributed by atoms with van der Waals surface area (Å²) in [6.07, 6.45) is 8.08. The smallest absolute Gasteiger partial charge is 0.161 e. The van der Waals surface area contributed by atoms with Crippen LogP contribution in [0.2, 0.25) is 0 Å². The Labute approximate surface area is 156 Å². The van der Waals surface area contributed by atoms with E-state index in [1.807, 2.05) is 0 Å². The van der Waals surface area contributed by atoms with Crippen molar-refractivity contribution in [3.05, 3.63) is 36.4 Å².